The van der Waals surface area contributed by atoms with E-state index >= 15 is 0 Å². The Morgan fingerprint density at radius 2 is 1.93 bits per heavy atom. The van der Waals surface area contributed by atoms with E-state index in [1.54, 1.807) is 0 Å². The van der Waals surface area contributed by atoms with E-state index in [-0.39, 0.29) is 17.4 Å². The van der Waals surface area contributed by atoms with Gasteiger partial charge in [0.2, 0.25) is 5.91 Å². The molecule has 29 heavy (non-hydrogen) atoms. The summed E-state index contributed by atoms with van der Waals surface area (Å²) in [6.45, 7) is 5.36. The van der Waals surface area contributed by atoms with Crippen LogP contribution in [0.2, 0.25) is 0 Å². The van der Waals surface area contributed by atoms with Crippen LogP contribution in [0.3, 0.4) is 0 Å². The molecule has 1 unspecified atom stereocenters. The highest BCUT2D eigenvalue weighted by Crippen LogP contribution is 2.42. The van der Waals surface area contributed by atoms with E-state index in [0.29, 0.717) is 0 Å². The first-order valence-electron chi connectivity index (χ1n) is 10.5. The molecule has 2 aromatic rings. The molecule has 0 bridgehead atoms. The van der Waals surface area contributed by atoms with Crippen LogP contribution >= 0.6 is 0 Å². The monoisotopic (exact) mass is 390 g/mol. The Morgan fingerprint density at radius 3 is 2.62 bits per heavy atom. The lowest BCUT2D eigenvalue weighted by Gasteiger charge is -2.34. The Hall–Kier alpha value is -2.43. The third kappa shape index (κ3) is 4.95. The number of amides is 1. The number of hydrogen-bond acceptors (Lipinski definition) is 3. The van der Waals surface area contributed by atoms with E-state index in [4.69, 9.17) is 4.74 Å². The molecule has 1 N–H and O–H groups in total. The van der Waals surface area contributed by atoms with Crippen LogP contribution < -0.4 is 5.32 Å². The van der Waals surface area contributed by atoms with Crippen LogP contribution in [0.1, 0.15) is 30.9 Å². The molecular formula is C25H30N2O2. The highest BCUT2D eigenvalue weighted by molar-refractivity contribution is 5.88. The minimum absolute atomic E-state index is 0.0369. The van der Waals surface area contributed by atoms with Crippen LogP contribution in [0.15, 0.2) is 66.7 Å². The Balaban J connectivity index is 1.41. The first-order chi connectivity index (χ1) is 14.1. The van der Waals surface area contributed by atoms with Crippen LogP contribution in [0.5, 0.6) is 0 Å². The van der Waals surface area contributed by atoms with Crippen molar-refractivity contribution in [2.24, 2.45) is 5.41 Å². The average Bonchev–Trinajstić information content (AvgIpc) is 3.40. The first-order valence-corrected chi connectivity index (χ1v) is 10.5. The number of hydrogen-bond donors (Lipinski definition) is 1. The summed E-state index contributed by atoms with van der Waals surface area (Å²) in [5, 5.41) is 2.83. The van der Waals surface area contributed by atoms with Crippen molar-refractivity contribution in [2.45, 2.75) is 38.8 Å². The van der Waals surface area contributed by atoms with Gasteiger partial charge in [-0.3, -0.25) is 9.69 Å². The minimum Gasteiger partial charge on any atom is -0.369 e. The molecule has 2 atom stereocenters. The Labute approximate surface area is 173 Å². The number of anilines is 1. The van der Waals surface area contributed by atoms with Crippen molar-refractivity contribution in [2.75, 3.05) is 25.0 Å². The fraction of sp³-hybridized carbons (Fsp3) is 0.400. The van der Waals surface area contributed by atoms with Crippen LogP contribution in [0.4, 0.5) is 5.69 Å². The molecule has 1 amide bonds. The van der Waals surface area contributed by atoms with Crippen molar-refractivity contribution in [3.05, 3.63) is 77.9 Å². The summed E-state index contributed by atoms with van der Waals surface area (Å²) in [6, 6.07) is 19.0. The lowest BCUT2D eigenvalue weighted by Crippen LogP contribution is -2.38. The molecule has 0 aliphatic carbocycles. The maximum absolute atomic E-state index is 11.2. The number of rotatable bonds is 7. The number of nitrogens with one attached hydrogen (secondary N) is 1. The third-order valence-corrected chi connectivity index (χ3v) is 6.19. The molecule has 2 heterocycles. The molecule has 4 heteroatoms. The van der Waals surface area contributed by atoms with Gasteiger partial charge in [0, 0.05) is 31.1 Å². The zero-order valence-electron chi connectivity index (χ0n) is 17.1. The summed E-state index contributed by atoms with van der Waals surface area (Å²) >= 11 is 0. The summed E-state index contributed by atoms with van der Waals surface area (Å²) in [5.74, 6) is -0.0369. The topological polar surface area (TPSA) is 41.6 Å². The van der Waals surface area contributed by atoms with Gasteiger partial charge in [-0.25, -0.2) is 0 Å². The molecule has 0 radical (unpaired) electrons. The molecule has 2 aliphatic rings. The van der Waals surface area contributed by atoms with E-state index in [1.807, 2.05) is 12.1 Å². The fourth-order valence-electron chi connectivity index (χ4n) is 4.67. The third-order valence-electron chi connectivity index (χ3n) is 6.19. The van der Waals surface area contributed by atoms with E-state index in [9.17, 15) is 4.79 Å². The molecule has 152 valence electrons. The Morgan fingerprint density at radius 1 is 1.14 bits per heavy atom. The van der Waals surface area contributed by atoms with E-state index in [2.05, 4.69) is 64.8 Å². The zero-order chi connectivity index (χ0) is 20.1. The summed E-state index contributed by atoms with van der Waals surface area (Å²) in [6.07, 6.45) is 8.06. The van der Waals surface area contributed by atoms with Crippen molar-refractivity contribution in [1.29, 1.82) is 0 Å². The predicted molar refractivity (Wildman–Crippen MR) is 117 cm³/mol. The smallest absolute Gasteiger partial charge is 0.221 e. The Bertz CT molecular complexity index is 847. The molecule has 4 nitrogen and oxygen atoms in total. The van der Waals surface area contributed by atoms with Gasteiger partial charge in [-0.2, -0.15) is 0 Å². The molecule has 1 fully saturated rings. The molecular weight excluding hydrogens is 360 g/mol. The highest BCUT2D eigenvalue weighted by Gasteiger charge is 2.44. The summed E-state index contributed by atoms with van der Waals surface area (Å²) in [4.78, 5) is 13.8. The number of nitrogens with zero attached hydrogens (tertiary/aromatic N) is 1. The van der Waals surface area contributed by atoms with Crippen molar-refractivity contribution >= 4 is 11.6 Å². The van der Waals surface area contributed by atoms with E-state index in [1.165, 1.54) is 24.5 Å². The second kappa shape index (κ2) is 8.93. The van der Waals surface area contributed by atoms with Gasteiger partial charge in [-0.1, -0.05) is 54.6 Å². The van der Waals surface area contributed by atoms with Gasteiger partial charge < -0.3 is 10.1 Å². The number of ether oxygens (including phenoxy) is 1. The second-order valence-corrected chi connectivity index (χ2v) is 8.37. The normalized spacial score (nSPS) is 24.1. The number of benzene rings is 2. The van der Waals surface area contributed by atoms with Crippen LogP contribution in [-0.4, -0.2) is 36.6 Å². The number of carbonyl (C=O) groups excluding carboxylic acids is 1. The lowest BCUT2D eigenvalue weighted by atomic mass is 9.76. The van der Waals surface area contributed by atoms with Crippen LogP contribution in [-0.2, 0) is 22.5 Å². The molecule has 0 aromatic heterocycles. The Kier molecular flexibility index (Phi) is 6.12. The summed E-state index contributed by atoms with van der Waals surface area (Å²) < 4.78 is 6.10. The van der Waals surface area contributed by atoms with Gasteiger partial charge >= 0.3 is 0 Å². The van der Waals surface area contributed by atoms with Crippen LogP contribution in [0, 0.1) is 5.41 Å². The van der Waals surface area contributed by atoms with Gasteiger partial charge in [0.15, 0.2) is 0 Å². The van der Waals surface area contributed by atoms with Crippen molar-refractivity contribution in [3.8, 4) is 0 Å². The summed E-state index contributed by atoms with van der Waals surface area (Å²) in [5.41, 5.74) is 3.71. The SMILES string of the molecule is CC(=O)Nc1ccc(CN2CC[C@](CCc3ccccc3)(C3C=CCO3)C2)cc1. The van der Waals surface area contributed by atoms with Gasteiger partial charge in [0.1, 0.15) is 0 Å². The molecule has 2 aromatic carbocycles. The van der Waals surface area contributed by atoms with Gasteiger partial charge in [-0.05, 0) is 49.1 Å². The van der Waals surface area contributed by atoms with E-state index in [0.717, 1.165) is 44.8 Å². The van der Waals surface area contributed by atoms with Gasteiger partial charge in [0.25, 0.3) is 0 Å². The minimum atomic E-state index is -0.0369. The van der Waals surface area contributed by atoms with Gasteiger partial charge in [-0.15, -0.1) is 0 Å². The van der Waals surface area contributed by atoms with Crippen LogP contribution in [0.25, 0.3) is 0 Å². The zero-order valence-corrected chi connectivity index (χ0v) is 17.1. The molecule has 2 aliphatic heterocycles. The standard InChI is InChI=1S/C25H30N2O2/c1-20(28)26-23-11-9-22(10-12-23)18-27-16-15-25(19-27,24-8-5-17-29-24)14-13-21-6-3-2-4-7-21/h2-12,24H,13-19H2,1H3,(H,26,28)/t24?,25-/m0/s1. The fourth-order valence-corrected chi connectivity index (χ4v) is 4.67. The molecule has 1 saturated heterocycles. The van der Waals surface area contributed by atoms with Gasteiger partial charge in [0.05, 0.1) is 12.7 Å². The number of aryl methyl sites for hydroxylation is 1. The number of carbonyl (C=O) groups is 1. The first kappa shape index (κ1) is 19.9. The lowest BCUT2D eigenvalue weighted by molar-refractivity contribution is -0.114. The van der Waals surface area contributed by atoms with Crippen molar-refractivity contribution in [1.82, 2.24) is 4.90 Å². The number of likely N-dealkylation sites (tertiary alicyclic amines) is 1. The maximum Gasteiger partial charge on any atom is 0.221 e. The quantitative estimate of drug-likeness (QED) is 0.712. The predicted octanol–water partition coefficient (Wildman–Crippen LogP) is 4.42. The largest absolute Gasteiger partial charge is 0.369 e. The molecule has 0 spiro atoms. The van der Waals surface area contributed by atoms with Crippen molar-refractivity contribution < 1.29 is 9.53 Å². The summed E-state index contributed by atoms with van der Waals surface area (Å²) in [7, 11) is 0. The average molecular weight is 391 g/mol. The second-order valence-electron chi connectivity index (χ2n) is 8.37. The molecule has 0 saturated carbocycles. The molecule has 4 rings (SSSR count). The maximum atomic E-state index is 11.2. The van der Waals surface area contributed by atoms with E-state index < -0.39 is 0 Å². The van der Waals surface area contributed by atoms with Crippen molar-refractivity contribution in [3.63, 3.8) is 0 Å². The highest BCUT2D eigenvalue weighted by atomic mass is 16.5.